The number of aliphatic hydroxyl groups is 2. The van der Waals surface area contributed by atoms with E-state index in [1.165, 1.54) is 0 Å². The van der Waals surface area contributed by atoms with Crippen LogP contribution in [0.15, 0.2) is 182 Å². The summed E-state index contributed by atoms with van der Waals surface area (Å²) >= 11 is 0. The Balaban J connectivity index is 0.000000275. The zero-order valence-electron chi connectivity index (χ0n) is 28.8. The van der Waals surface area contributed by atoms with Gasteiger partial charge in [0.05, 0.1) is 0 Å². The van der Waals surface area contributed by atoms with E-state index in [4.69, 9.17) is 10.2 Å². The summed E-state index contributed by atoms with van der Waals surface area (Å²) < 4.78 is 0. The van der Waals surface area contributed by atoms with E-state index in [1.54, 1.807) is 27.7 Å². The number of aliphatic hydroxyl groups excluding tert-OH is 2. The Morgan fingerprint density at radius 3 is 0.510 bits per heavy atom. The van der Waals surface area contributed by atoms with Gasteiger partial charge in [0.2, 0.25) is 0 Å². The Labute approximate surface area is 313 Å². The molecule has 0 spiro atoms. The first-order valence-corrected chi connectivity index (χ1v) is 20.1. The van der Waals surface area contributed by atoms with Gasteiger partial charge in [0.1, 0.15) is 0 Å². The molecule has 0 radical (unpaired) electrons. The summed E-state index contributed by atoms with van der Waals surface area (Å²) in [7, 11) is -5.76. The van der Waals surface area contributed by atoms with E-state index in [0.717, 1.165) is 31.1 Å². The van der Waals surface area contributed by atoms with Crippen LogP contribution in [-0.4, -0.2) is 48.6 Å². The van der Waals surface area contributed by atoms with Gasteiger partial charge in [-0.05, 0) is 58.8 Å². The molecule has 6 rings (SSSR count). The van der Waals surface area contributed by atoms with Gasteiger partial charge in [-0.15, -0.1) is 0 Å². The number of hydrogen-bond donors (Lipinski definition) is 4. The zero-order valence-corrected chi connectivity index (χ0v) is 33.2. The molecular formula is C42H48O4Si2Zr. The van der Waals surface area contributed by atoms with Crippen LogP contribution in [0.3, 0.4) is 0 Å². The molecule has 0 aliphatic rings. The average Bonchev–Trinajstić information content (AvgIpc) is 3.13. The van der Waals surface area contributed by atoms with E-state index in [-0.39, 0.29) is 38.4 Å². The summed E-state index contributed by atoms with van der Waals surface area (Å²) in [5.41, 5.74) is 0. The van der Waals surface area contributed by atoms with Crippen molar-refractivity contribution in [1.82, 2.24) is 0 Å². The van der Waals surface area contributed by atoms with Crippen LogP contribution < -0.4 is 31.1 Å². The van der Waals surface area contributed by atoms with E-state index in [1.807, 2.05) is 182 Å². The molecule has 0 bridgehead atoms. The van der Waals surface area contributed by atoms with Crippen molar-refractivity contribution in [3.63, 3.8) is 0 Å². The molecule has 0 unspecified atom stereocenters. The Kier molecular flexibility index (Phi) is 18.3. The van der Waals surface area contributed by atoms with E-state index in [2.05, 4.69) is 0 Å². The zero-order chi connectivity index (χ0) is 34.8. The smallest absolute Gasteiger partial charge is 0.285 e. The summed E-state index contributed by atoms with van der Waals surface area (Å²) in [6.07, 6.45) is -0.333. The Morgan fingerprint density at radius 2 is 0.408 bits per heavy atom. The van der Waals surface area contributed by atoms with Crippen LogP contribution in [0.5, 0.6) is 0 Å². The minimum atomic E-state index is -2.88. The SMILES string of the molecule is CC(C)O.CC(C)O.O[Si](c1ccccc1)(c1ccccc1)c1ccccc1.O[Si](c1ccccc1)(c1ccccc1)c1ccccc1.[Zr]. The summed E-state index contributed by atoms with van der Waals surface area (Å²) in [5, 5.41) is 22.2. The maximum Gasteiger partial charge on any atom is 0.285 e. The third kappa shape index (κ3) is 12.4. The van der Waals surface area contributed by atoms with Crippen LogP contribution in [0.25, 0.3) is 0 Å². The maximum atomic E-state index is 11.6. The van der Waals surface area contributed by atoms with Crippen LogP contribution in [0.1, 0.15) is 27.7 Å². The van der Waals surface area contributed by atoms with Gasteiger partial charge in [-0.25, -0.2) is 0 Å². The first-order chi connectivity index (χ1) is 23.1. The molecule has 49 heavy (non-hydrogen) atoms. The Hall–Kier alpha value is -3.52. The van der Waals surface area contributed by atoms with Gasteiger partial charge < -0.3 is 19.8 Å². The van der Waals surface area contributed by atoms with Crippen molar-refractivity contribution >= 4 is 47.8 Å². The van der Waals surface area contributed by atoms with E-state index in [0.29, 0.717) is 0 Å². The predicted octanol–water partition coefficient (Wildman–Crippen LogP) is 4.06. The number of benzene rings is 6. The van der Waals surface area contributed by atoms with Crippen LogP contribution >= 0.6 is 0 Å². The molecule has 4 nitrogen and oxygen atoms in total. The molecule has 0 aromatic heterocycles. The molecule has 0 fully saturated rings. The second-order valence-corrected chi connectivity index (χ2v) is 18.1. The minimum absolute atomic E-state index is 0. The van der Waals surface area contributed by atoms with Gasteiger partial charge in [0.25, 0.3) is 16.6 Å². The largest absolute Gasteiger partial charge is 0.421 e. The van der Waals surface area contributed by atoms with E-state index >= 15 is 0 Å². The van der Waals surface area contributed by atoms with Gasteiger partial charge in [-0.2, -0.15) is 0 Å². The third-order valence-corrected chi connectivity index (χ3v) is 14.2. The van der Waals surface area contributed by atoms with Gasteiger partial charge in [-0.3, -0.25) is 0 Å². The Morgan fingerprint density at radius 1 is 0.306 bits per heavy atom. The molecule has 7 heteroatoms. The number of hydrogen-bond acceptors (Lipinski definition) is 4. The molecule has 0 aliphatic heterocycles. The molecule has 0 saturated carbocycles. The van der Waals surface area contributed by atoms with Crippen molar-refractivity contribution in [1.29, 1.82) is 0 Å². The Bertz CT molecular complexity index is 1360. The second-order valence-electron chi connectivity index (χ2n) is 11.8. The fourth-order valence-electron chi connectivity index (χ4n) is 5.08. The van der Waals surface area contributed by atoms with Gasteiger partial charge >= 0.3 is 0 Å². The molecule has 0 aliphatic carbocycles. The molecule has 252 valence electrons. The maximum absolute atomic E-state index is 11.6. The summed E-state index contributed by atoms with van der Waals surface area (Å²) in [6, 6.07) is 59.9. The molecule has 0 saturated heterocycles. The second kappa shape index (κ2) is 21.5. The van der Waals surface area contributed by atoms with Crippen molar-refractivity contribution in [2.45, 2.75) is 39.9 Å². The van der Waals surface area contributed by atoms with Crippen molar-refractivity contribution in [2.75, 3.05) is 0 Å². The fourth-order valence-corrected chi connectivity index (χ4v) is 11.1. The van der Waals surface area contributed by atoms with E-state index < -0.39 is 16.6 Å². The topological polar surface area (TPSA) is 80.9 Å². The van der Waals surface area contributed by atoms with E-state index in [9.17, 15) is 9.59 Å². The van der Waals surface area contributed by atoms with Crippen molar-refractivity contribution < 1.29 is 46.0 Å². The summed E-state index contributed by atoms with van der Waals surface area (Å²) in [6.45, 7) is 6.89. The van der Waals surface area contributed by atoms with Crippen molar-refractivity contribution in [3.8, 4) is 0 Å². The van der Waals surface area contributed by atoms with Crippen LogP contribution in [0.4, 0.5) is 0 Å². The first kappa shape index (κ1) is 41.6. The minimum Gasteiger partial charge on any atom is -0.421 e. The van der Waals surface area contributed by atoms with Crippen molar-refractivity contribution in [3.05, 3.63) is 182 Å². The van der Waals surface area contributed by atoms with Crippen LogP contribution in [0, 0.1) is 0 Å². The first-order valence-electron chi connectivity index (χ1n) is 16.2. The molecule has 0 atom stereocenters. The number of rotatable bonds is 6. The average molecular weight is 764 g/mol. The summed E-state index contributed by atoms with van der Waals surface area (Å²) in [5.74, 6) is 0. The van der Waals surface area contributed by atoms with Gasteiger partial charge in [0.15, 0.2) is 0 Å². The fraction of sp³-hybridized carbons (Fsp3) is 0.143. The monoisotopic (exact) mass is 762 g/mol. The molecule has 6 aromatic rings. The standard InChI is InChI=1S/2C18H16OSi.2C3H8O.Zr/c2*19-20(16-10-4-1-5-11-16,17-12-6-2-7-13-17)18-14-8-3-9-15-18;2*1-3(2)4;/h2*1-15,19H;2*3-4H,1-2H3;. The van der Waals surface area contributed by atoms with Gasteiger partial charge in [0, 0.05) is 38.4 Å². The molecule has 6 aromatic carbocycles. The molecular weight excluding hydrogens is 716 g/mol. The van der Waals surface area contributed by atoms with Crippen molar-refractivity contribution in [2.24, 2.45) is 0 Å². The molecule has 0 amide bonds. The van der Waals surface area contributed by atoms with Crippen LogP contribution in [-0.2, 0) is 26.2 Å². The van der Waals surface area contributed by atoms with Crippen LogP contribution in [0.2, 0.25) is 0 Å². The quantitative estimate of drug-likeness (QED) is 0.153. The predicted molar refractivity (Wildman–Crippen MR) is 207 cm³/mol. The molecule has 0 heterocycles. The summed E-state index contributed by atoms with van der Waals surface area (Å²) in [4.78, 5) is 23.1. The van der Waals surface area contributed by atoms with Gasteiger partial charge in [-0.1, -0.05) is 182 Å². The normalized spacial score (nSPS) is 10.7. The third-order valence-electron chi connectivity index (χ3n) is 7.15. The molecule has 4 N–H and O–H groups in total.